The zero-order valence-electron chi connectivity index (χ0n) is 6.63. The van der Waals surface area contributed by atoms with Crippen LogP contribution in [-0.4, -0.2) is 5.78 Å². The van der Waals surface area contributed by atoms with Gasteiger partial charge in [0.1, 0.15) is 5.78 Å². The van der Waals surface area contributed by atoms with Gasteiger partial charge in [0.15, 0.2) is 0 Å². The standard InChI is InChI=1S/C9H14O/c1-7-5-3-4-6-9(7)8(2)10/h3,5,7,9H,4,6H2,1-2H3/t7-,9-/m1/s1. The molecule has 0 aromatic heterocycles. The minimum absolute atomic E-state index is 0.296. The van der Waals surface area contributed by atoms with Crippen LogP contribution < -0.4 is 0 Å². The van der Waals surface area contributed by atoms with Crippen molar-refractivity contribution in [1.82, 2.24) is 0 Å². The Hall–Kier alpha value is -0.590. The van der Waals surface area contributed by atoms with Crippen LogP contribution in [0.1, 0.15) is 26.7 Å². The van der Waals surface area contributed by atoms with Gasteiger partial charge in [0, 0.05) is 5.92 Å². The fourth-order valence-electron chi connectivity index (χ4n) is 1.56. The Balaban J connectivity index is 2.60. The molecule has 10 heavy (non-hydrogen) atoms. The van der Waals surface area contributed by atoms with Crippen molar-refractivity contribution in [2.75, 3.05) is 0 Å². The van der Waals surface area contributed by atoms with Crippen LogP contribution in [-0.2, 0) is 4.79 Å². The van der Waals surface area contributed by atoms with Crippen LogP contribution in [0.2, 0.25) is 0 Å². The molecule has 0 heterocycles. The molecule has 0 spiro atoms. The molecule has 0 saturated heterocycles. The van der Waals surface area contributed by atoms with Gasteiger partial charge in [-0.3, -0.25) is 4.79 Å². The van der Waals surface area contributed by atoms with Gasteiger partial charge in [-0.2, -0.15) is 0 Å². The molecule has 0 N–H and O–H groups in total. The zero-order chi connectivity index (χ0) is 7.56. The van der Waals surface area contributed by atoms with Crippen molar-refractivity contribution in [3.8, 4) is 0 Å². The number of ketones is 1. The highest BCUT2D eigenvalue weighted by molar-refractivity contribution is 5.78. The topological polar surface area (TPSA) is 17.1 Å². The van der Waals surface area contributed by atoms with E-state index in [4.69, 9.17) is 0 Å². The van der Waals surface area contributed by atoms with E-state index < -0.39 is 0 Å². The highest BCUT2D eigenvalue weighted by atomic mass is 16.1. The van der Waals surface area contributed by atoms with E-state index in [2.05, 4.69) is 19.1 Å². The fraction of sp³-hybridized carbons (Fsp3) is 0.667. The van der Waals surface area contributed by atoms with E-state index in [-0.39, 0.29) is 0 Å². The van der Waals surface area contributed by atoms with E-state index in [0.717, 1.165) is 12.8 Å². The normalized spacial score (nSPS) is 32.2. The monoisotopic (exact) mass is 138 g/mol. The minimum Gasteiger partial charge on any atom is -0.300 e. The second-order valence-electron chi connectivity index (χ2n) is 3.08. The third kappa shape index (κ3) is 1.47. The smallest absolute Gasteiger partial charge is 0.133 e. The first-order valence-corrected chi connectivity index (χ1v) is 3.89. The van der Waals surface area contributed by atoms with Crippen molar-refractivity contribution < 1.29 is 4.79 Å². The van der Waals surface area contributed by atoms with Gasteiger partial charge in [0.25, 0.3) is 0 Å². The first-order valence-electron chi connectivity index (χ1n) is 3.89. The third-order valence-electron chi connectivity index (χ3n) is 2.24. The van der Waals surface area contributed by atoms with Gasteiger partial charge in [-0.25, -0.2) is 0 Å². The zero-order valence-corrected chi connectivity index (χ0v) is 6.63. The van der Waals surface area contributed by atoms with Gasteiger partial charge in [0.2, 0.25) is 0 Å². The lowest BCUT2D eigenvalue weighted by molar-refractivity contribution is -0.122. The fourth-order valence-corrected chi connectivity index (χ4v) is 1.56. The predicted molar refractivity (Wildman–Crippen MR) is 41.7 cm³/mol. The Morgan fingerprint density at radius 3 is 2.70 bits per heavy atom. The van der Waals surface area contributed by atoms with E-state index in [0.29, 0.717) is 17.6 Å². The quantitative estimate of drug-likeness (QED) is 0.507. The minimum atomic E-state index is 0.296. The lowest BCUT2D eigenvalue weighted by atomic mass is 9.83. The van der Waals surface area contributed by atoms with Crippen molar-refractivity contribution in [1.29, 1.82) is 0 Å². The lowest BCUT2D eigenvalue weighted by Gasteiger charge is -2.21. The molecule has 0 aliphatic heterocycles. The maximum Gasteiger partial charge on any atom is 0.133 e. The molecular formula is C9H14O. The molecule has 0 aromatic carbocycles. The molecule has 0 saturated carbocycles. The summed E-state index contributed by atoms with van der Waals surface area (Å²) in [5.41, 5.74) is 0. The van der Waals surface area contributed by atoms with Crippen molar-refractivity contribution >= 4 is 5.78 Å². The Bertz CT molecular complexity index is 158. The molecule has 0 bridgehead atoms. The molecule has 0 aromatic rings. The van der Waals surface area contributed by atoms with Crippen LogP contribution in [0.3, 0.4) is 0 Å². The van der Waals surface area contributed by atoms with Crippen molar-refractivity contribution in [3.05, 3.63) is 12.2 Å². The summed E-state index contributed by atoms with van der Waals surface area (Å²) in [5, 5.41) is 0. The molecular weight excluding hydrogens is 124 g/mol. The van der Waals surface area contributed by atoms with Gasteiger partial charge in [-0.05, 0) is 25.7 Å². The molecule has 0 fully saturated rings. The second-order valence-corrected chi connectivity index (χ2v) is 3.08. The molecule has 0 radical (unpaired) electrons. The van der Waals surface area contributed by atoms with Gasteiger partial charge in [0.05, 0.1) is 0 Å². The lowest BCUT2D eigenvalue weighted by Crippen LogP contribution is -2.20. The van der Waals surface area contributed by atoms with Crippen LogP contribution >= 0.6 is 0 Å². The average Bonchev–Trinajstić information content (AvgIpc) is 1.88. The maximum absolute atomic E-state index is 11.0. The van der Waals surface area contributed by atoms with E-state index in [9.17, 15) is 4.79 Å². The number of rotatable bonds is 1. The van der Waals surface area contributed by atoms with Gasteiger partial charge >= 0.3 is 0 Å². The van der Waals surface area contributed by atoms with Gasteiger partial charge < -0.3 is 0 Å². The molecule has 1 nitrogen and oxygen atoms in total. The van der Waals surface area contributed by atoms with Gasteiger partial charge in [-0.15, -0.1) is 0 Å². The number of hydrogen-bond acceptors (Lipinski definition) is 1. The van der Waals surface area contributed by atoms with Crippen LogP contribution in [0, 0.1) is 11.8 Å². The molecule has 1 aliphatic carbocycles. The van der Waals surface area contributed by atoms with E-state index in [1.165, 1.54) is 0 Å². The molecule has 1 aliphatic rings. The second kappa shape index (κ2) is 3.00. The number of carbonyl (C=O) groups is 1. The number of carbonyl (C=O) groups excluding carboxylic acids is 1. The highest BCUT2D eigenvalue weighted by Crippen LogP contribution is 2.24. The Kier molecular flexibility index (Phi) is 2.25. The molecule has 2 atom stereocenters. The van der Waals surface area contributed by atoms with E-state index in [1.807, 2.05) is 0 Å². The number of allylic oxidation sites excluding steroid dienone is 2. The summed E-state index contributed by atoms with van der Waals surface area (Å²) in [6.45, 7) is 3.81. The van der Waals surface area contributed by atoms with Gasteiger partial charge in [-0.1, -0.05) is 19.1 Å². The van der Waals surface area contributed by atoms with Crippen LogP contribution in [0.25, 0.3) is 0 Å². The van der Waals surface area contributed by atoms with Crippen LogP contribution in [0.4, 0.5) is 0 Å². The molecule has 56 valence electrons. The number of hydrogen-bond donors (Lipinski definition) is 0. The maximum atomic E-state index is 11.0. The predicted octanol–water partition coefficient (Wildman–Crippen LogP) is 2.18. The summed E-state index contributed by atoms with van der Waals surface area (Å²) >= 11 is 0. The highest BCUT2D eigenvalue weighted by Gasteiger charge is 2.20. The first kappa shape index (κ1) is 7.52. The summed E-state index contributed by atoms with van der Waals surface area (Å²) in [6.07, 6.45) is 6.45. The summed E-state index contributed by atoms with van der Waals surface area (Å²) in [6, 6.07) is 0. The Morgan fingerprint density at radius 2 is 2.30 bits per heavy atom. The van der Waals surface area contributed by atoms with Crippen molar-refractivity contribution in [2.45, 2.75) is 26.7 Å². The average molecular weight is 138 g/mol. The SMILES string of the molecule is CC(=O)[C@@H]1CCC=C[C@H]1C. The molecule has 0 unspecified atom stereocenters. The summed E-state index contributed by atoms with van der Waals surface area (Å²) in [7, 11) is 0. The third-order valence-corrected chi connectivity index (χ3v) is 2.24. The molecule has 0 amide bonds. The van der Waals surface area contributed by atoms with Crippen molar-refractivity contribution in [2.24, 2.45) is 11.8 Å². The summed E-state index contributed by atoms with van der Waals surface area (Å²) < 4.78 is 0. The number of Topliss-reactive ketones (excluding diaryl/α,β-unsaturated/α-hetero) is 1. The van der Waals surface area contributed by atoms with Crippen molar-refractivity contribution in [3.63, 3.8) is 0 Å². The Labute approximate surface area is 62.1 Å². The van der Waals surface area contributed by atoms with Crippen LogP contribution in [0.5, 0.6) is 0 Å². The molecule has 1 rings (SSSR count). The van der Waals surface area contributed by atoms with E-state index >= 15 is 0 Å². The van der Waals surface area contributed by atoms with E-state index in [1.54, 1.807) is 6.92 Å². The first-order chi connectivity index (χ1) is 4.72. The summed E-state index contributed by atoms with van der Waals surface area (Å²) in [4.78, 5) is 11.0. The van der Waals surface area contributed by atoms with Crippen LogP contribution in [0.15, 0.2) is 12.2 Å². The molecule has 1 heteroatoms. The Morgan fingerprint density at radius 1 is 1.60 bits per heavy atom. The largest absolute Gasteiger partial charge is 0.300 e. The summed E-state index contributed by atoms with van der Waals surface area (Å²) in [5.74, 6) is 1.10.